The molecule has 0 unspecified atom stereocenters. The maximum atomic E-state index is 13.3. The predicted octanol–water partition coefficient (Wildman–Crippen LogP) is 22.4. The van der Waals surface area contributed by atoms with E-state index in [2.05, 4.69) is 93.6 Å². The number of alkyl halides is 2. The monoisotopic (exact) mass is 1400 g/mol. The molecule has 0 aromatic heterocycles. The number of rotatable bonds is 13. The van der Waals surface area contributed by atoms with Crippen molar-refractivity contribution in [3.05, 3.63) is 83.9 Å². The van der Waals surface area contributed by atoms with E-state index in [1.165, 1.54) is 45.1 Å². The van der Waals surface area contributed by atoms with Crippen LogP contribution in [0.2, 0.25) is 0 Å². The Morgan fingerprint density at radius 2 is 0.944 bits per heavy atom. The molecule has 0 saturated heterocycles. The van der Waals surface area contributed by atoms with Gasteiger partial charge in [-0.1, -0.05) is 211 Å². The summed E-state index contributed by atoms with van der Waals surface area (Å²) in [6.45, 7) is 7.40. The summed E-state index contributed by atoms with van der Waals surface area (Å²) >= 11 is 0. The Bertz CT molecular complexity index is 1570. The summed E-state index contributed by atoms with van der Waals surface area (Å²) in [6, 6.07) is 26.3. The molecule has 0 radical (unpaired) electrons. The minimum absolute atomic E-state index is 0. The number of unbranched alkanes of at least 4 members (excludes halogenated alkanes) is 3. The Labute approximate surface area is 493 Å². The van der Waals surface area contributed by atoms with E-state index in [-0.39, 0.29) is 219 Å². The first kappa shape index (κ1) is 128. The normalized spacial score (nSPS) is 15.6. The third kappa shape index (κ3) is 32.9. The maximum Gasteiger partial charge on any atom is 0.341 e. The zero-order valence-corrected chi connectivity index (χ0v) is 40.9. The number of halogens is 2. The summed E-state index contributed by atoms with van der Waals surface area (Å²) in [7, 11) is -5.88. The predicted molar refractivity (Wildman–Crippen MR) is 320 cm³/mol. The molecule has 3 aromatic rings. The molecule has 4 bridgehead atoms. The fraction of sp³-hybridized carbons (Fsp3) is 0.678. The van der Waals surface area contributed by atoms with Crippen molar-refractivity contribution in [1.29, 1.82) is 0 Å². The third-order valence-electron chi connectivity index (χ3n) is 10.2. The van der Waals surface area contributed by atoms with Crippen molar-refractivity contribution in [2.45, 2.75) is 260 Å². The number of aryl methyl sites for hydroxylation is 2. The van der Waals surface area contributed by atoms with Gasteiger partial charge in [0.1, 0.15) is 11.5 Å². The van der Waals surface area contributed by atoms with Gasteiger partial charge in [-0.3, -0.25) is 4.79 Å². The van der Waals surface area contributed by atoms with E-state index in [4.69, 9.17) is 4.74 Å². The second-order valence-electron chi connectivity index (χ2n) is 14.1. The van der Waals surface area contributed by atoms with E-state index in [0.717, 1.165) is 38.0 Å². The minimum Gasteiger partial charge on any atom is -0.743 e. The number of Topliss-reactive ketones (excluding diaryl/α,β-unsaturated/α-hetero) is 1. The molecule has 428 valence electrons. The average Bonchev–Trinajstić information content (AvgIpc) is 3.02. The van der Waals surface area contributed by atoms with Gasteiger partial charge in [0.2, 0.25) is 0 Å². The van der Waals surface area contributed by atoms with E-state index in [0.29, 0.717) is 37.0 Å². The van der Waals surface area contributed by atoms with Gasteiger partial charge >= 0.3 is 5.25 Å². The first-order valence-corrected chi connectivity index (χ1v) is 19.9. The van der Waals surface area contributed by atoms with Crippen LogP contribution in [-0.4, -0.2) is 30.6 Å². The van der Waals surface area contributed by atoms with Crippen molar-refractivity contribution < 1.29 is 90.9 Å². The zero-order valence-electron chi connectivity index (χ0n) is 30.2. The van der Waals surface area contributed by atoms with Crippen molar-refractivity contribution in [3.8, 4) is 5.75 Å². The number of ketones is 1. The van der Waals surface area contributed by atoms with Crippen LogP contribution in [0, 0.1) is 43.2 Å². The first-order valence-electron chi connectivity index (χ1n) is 17.3. The SMILES string of the molecule is C.C.C.C.C.C.C.C.C.C.C.C.C.C.C.C.C.C.C.C.CCCCCCOc1c(C)cc([S+](c2ccccc2)c2ccccc2)cc1C.O=C(CC(F)(F)S(=O)(=O)[O-])C12CC3CC(CC(C3)C1)C2.[He].[Hf].[Hg]. The summed E-state index contributed by atoms with van der Waals surface area (Å²) < 4.78 is 64.5. The molecule has 71 heavy (non-hydrogen) atoms. The van der Waals surface area contributed by atoms with Gasteiger partial charge in [0.15, 0.2) is 24.8 Å². The number of ether oxygens (including phenoxy) is 1. The molecule has 12 heteroatoms. The Hall–Kier alpha value is -1.04. The Balaban J connectivity index is -0.0000000345. The van der Waals surface area contributed by atoms with Crippen LogP contribution in [0.5, 0.6) is 5.75 Å². The summed E-state index contributed by atoms with van der Waals surface area (Å²) in [6.07, 6.45) is 8.42. The molecule has 3 aromatic carbocycles. The fourth-order valence-electron chi connectivity index (χ4n) is 8.40. The topological polar surface area (TPSA) is 83.5 Å². The molecule has 0 amide bonds. The van der Waals surface area contributed by atoms with E-state index >= 15 is 0 Å². The molecule has 4 saturated carbocycles. The van der Waals surface area contributed by atoms with Crippen molar-refractivity contribution in [2.24, 2.45) is 23.2 Å². The molecular formula is C59H128F2HeHfHgO5S2. The Morgan fingerprint density at radius 3 is 1.24 bits per heavy atom. The Kier molecular flexibility index (Phi) is 102. The van der Waals surface area contributed by atoms with Crippen LogP contribution in [0.1, 0.15) is 237 Å². The maximum absolute atomic E-state index is 13.3. The third-order valence-corrected chi connectivity index (χ3v) is 13.3. The van der Waals surface area contributed by atoms with Gasteiger partial charge in [0.25, 0.3) is 0 Å². The largest absolute Gasteiger partial charge is 0.743 e. The van der Waals surface area contributed by atoms with Crippen molar-refractivity contribution >= 4 is 26.8 Å². The molecule has 0 heterocycles. The summed E-state index contributed by atoms with van der Waals surface area (Å²) in [5, 5.41) is -4.48. The number of carbonyl (C=O) groups excluding carboxylic acids is 1. The van der Waals surface area contributed by atoms with Crippen LogP contribution in [-0.2, 0) is 79.3 Å². The molecule has 0 aliphatic heterocycles. The van der Waals surface area contributed by atoms with E-state index in [1.54, 1.807) is 0 Å². The van der Waals surface area contributed by atoms with Gasteiger partial charge in [-0.25, -0.2) is 8.42 Å². The molecule has 4 aliphatic rings. The first-order chi connectivity index (χ1) is 22.8. The van der Waals surface area contributed by atoms with Crippen molar-refractivity contribution in [2.75, 3.05) is 6.61 Å². The van der Waals surface area contributed by atoms with Crippen molar-refractivity contribution in [1.82, 2.24) is 0 Å². The van der Waals surface area contributed by atoms with E-state index < -0.39 is 33.0 Å². The van der Waals surface area contributed by atoms with Crippen LogP contribution in [0.3, 0.4) is 0 Å². The fourth-order valence-corrected chi connectivity index (χ4v) is 11.0. The van der Waals surface area contributed by atoms with Crippen molar-refractivity contribution in [3.63, 3.8) is 0 Å². The van der Waals surface area contributed by atoms with Crippen LogP contribution >= 0.6 is 0 Å². The van der Waals surface area contributed by atoms with E-state index in [1.807, 2.05) is 0 Å². The molecule has 0 spiro atoms. The Morgan fingerprint density at radius 1 is 0.620 bits per heavy atom. The van der Waals surface area contributed by atoms with Gasteiger partial charge in [-0.05, 0) is 112 Å². The van der Waals surface area contributed by atoms with Crippen LogP contribution in [0.15, 0.2) is 87.5 Å². The van der Waals surface area contributed by atoms with Gasteiger partial charge in [0.05, 0.1) is 23.9 Å². The summed E-state index contributed by atoms with van der Waals surface area (Å²) in [5.74, 6) is 1.55. The molecule has 4 aliphatic carbocycles. The molecular weight excluding hydrogens is 1270 g/mol. The average molecular weight is 1400 g/mol. The summed E-state index contributed by atoms with van der Waals surface area (Å²) in [5.41, 5.74) is 1.67. The van der Waals surface area contributed by atoms with E-state index in [9.17, 15) is 26.5 Å². The summed E-state index contributed by atoms with van der Waals surface area (Å²) in [4.78, 5) is 16.3. The number of carbonyl (C=O) groups is 1. The second kappa shape index (κ2) is 56.7. The second-order valence-corrected chi connectivity index (χ2v) is 17.6. The van der Waals surface area contributed by atoms with Gasteiger partial charge in [0, 0.05) is 77.2 Å². The molecule has 0 N–H and O–H groups in total. The minimum atomic E-state index is -5.77. The molecule has 0 atom stereocenters. The van der Waals surface area contributed by atoms with Crippen LogP contribution < -0.4 is 4.74 Å². The smallest absolute Gasteiger partial charge is 0.341 e. The number of hydrogen-bond donors (Lipinski definition) is 0. The quantitative estimate of drug-likeness (QED) is 0.0737. The molecule has 4 fully saturated rings. The van der Waals surface area contributed by atoms with Gasteiger partial charge in [-0.15, -0.1) is 0 Å². The molecule has 7 rings (SSSR count). The standard InChI is InChI=1S/C26H31OS.C13H18F2O4S.20CH4.He.Hf.Hg/c1-4-5-6-13-18-27-26-21(2)19-25(20-22(26)3)28(23-14-9-7-10-15-23)24-16-11-8-12-17-24;14-13(15,20(17,18)19)7-11(16)12-4-8-1-9(5-12)3-10(2-8)6-12;;;;;;;;;;;;;;;;;;;;;;;/h7-12,14-17,19-20H,4-6,13,18H2,1-3H3;8-10H,1-7H2,(H,17,18,19);20*1H4;;;/q+1;;;;;;;;;;;;;;;;;;;;;;;;/p-1. The molecule has 5 nitrogen and oxygen atoms in total. The number of hydrogen-bond acceptors (Lipinski definition) is 5. The van der Waals surface area contributed by atoms with Gasteiger partial charge in [-0.2, -0.15) is 8.78 Å². The van der Waals surface area contributed by atoms with Gasteiger partial charge < -0.3 is 9.29 Å². The van der Waals surface area contributed by atoms with Crippen LogP contribution in [0.25, 0.3) is 0 Å². The zero-order chi connectivity index (χ0) is 34.5. The van der Waals surface area contributed by atoms with Crippen LogP contribution in [0.4, 0.5) is 8.78 Å². The number of benzene rings is 3.